The second-order valence-corrected chi connectivity index (χ2v) is 7.66. The van der Waals surface area contributed by atoms with Crippen LogP contribution >= 0.6 is 0 Å². The summed E-state index contributed by atoms with van der Waals surface area (Å²) in [5.41, 5.74) is 3.31. The molecule has 0 aliphatic rings. The summed E-state index contributed by atoms with van der Waals surface area (Å²) in [5.74, 6) is 0.335. The average molecular weight is 490 g/mol. The molecule has 0 saturated carbocycles. The lowest BCUT2D eigenvalue weighted by Gasteiger charge is -2.13. The van der Waals surface area contributed by atoms with Crippen molar-refractivity contribution in [2.45, 2.75) is 13.8 Å². The van der Waals surface area contributed by atoms with Crippen LogP contribution in [-0.4, -0.2) is 44.4 Å². The minimum Gasteiger partial charge on any atom is -0.493 e. The number of nitriles is 1. The Morgan fingerprint density at radius 1 is 1.03 bits per heavy atom. The molecule has 0 spiro atoms. The molecule has 0 radical (unpaired) electrons. The second-order valence-electron chi connectivity index (χ2n) is 7.66. The van der Waals surface area contributed by atoms with Crippen LogP contribution in [0.1, 0.15) is 22.4 Å². The highest BCUT2D eigenvalue weighted by atomic mass is 16.5. The van der Waals surface area contributed by atoms with E-state index in [1.807, 2.05) is 44.2 Å². The Morgan fingerprint density at radius 2 is 1.67 bits per heavy atom. The van der Waals surface area contributed by atoms with E-state index in [0.29, 0.717) is 34.2 Å². The smallest absolute Gasteiger partial charge is 0.331 e. The van der Waals surface area contributed by atoms with Crippen molar-refractivity contribution in [2.75, 3.05) is 33.3 Å². The highest BCUT2D eigenvalue weighted by molar-refractivity contribution is 5.95. The van der Waals surface area contributed by atoms with Crippen LogP contribution in [0.3, 0.4) is 0 Å². The molecule has 9 nitrogen and oxygen atoms in total. The number of carbonyl (C=O) groups excluding carboxylic acids is 2. The first-order valence-electron chi connectivity index (χ1n) is 11.0. The number of nitrogens with one attached hydrogen (secondary N) is 1. The third-order valence-electron chi connectivity index (χ3n) is 5.54. The molecule has 0 aliphatic heterocycles. The largest absolute Gasteiger partial charge is 0.493 e. The number of benzene rings is 2. The monoisotopic (exact) mass is 489 g/mol. The van der Waals surface area contributed by atoms with Gasteiger partial charge in [0.1, 0.15) is 11.9 Å². The Morgan fingerprint density at radius 3 is 2.22 bits per heavy atom. The van der Waals surface area contributed by atoms with E-state index < -0.39 is 18.5 Å². The van der Waals surface area contributed by atoms with Gasteiger partial charge in [0.2, 0.25) is 5.75 Å². The first-order valence-corrected chi connectivity index (χ1v) is 11.0. The van der Waals surface area contributed by atoms with E-state index in [1.54, 1.807) is 16.7 Å². The fourth-order valence-electron chi connectivity index (χ4n) is 3.68. The third kappa shape index (κ3) is 5.50. The van der Waals surface area contributed by atoms with Gasteiger partial charge in [0.15, 0.2) is 18.1 Å². The van der Waals surface area contributed by atoms with E-state index in [4.69, 9.17) is 18.9 Å². The van der Waals surface area contributed by atoms with Crippen molar-refractivity contribution in [2.24, 2.45) is 0 Å². The third-order valence-corrected chi connectivity index (χ3v) is 5.54. The van der Waals surface area contributed by atoms with Crippen LogP contribution in [0.2, 0.25) is 0 Å². The quantitative estimate of drug-likeness (QED) is 0.354. The molecule has 186 valence electrons. The lowest BCUT2D eigenvalue weighted by atomic mass is 10.1. The van der Waals surface area contributed by atoms with E-state index in [2.05, 4.69) is 11.4 Å². The molecule has 0 bridgehead atoms. The van der Waals surface area contributed by atoms with E-state index in [0.717, 1.165) is 16.9 Å². The molecule has 1 aromatic heterocycles. The van der Waals surface area contributed by atoms with Crippen molar-refractivity contribution in [3.05, 3.63) is 70.9 Å². The molecule has 9 heteroatoms. The van der Waals surface area contributed by atoms with Gasteiger partial charge < -0.3 is 24.3 Å². The Labute approximate surface area is 209 Å². The normalized spacial score (nSPS) is 10.6. The predicted molar refractivity (Wildman–Crippen MR) is 135 cm³/mol. The summed E-state index contributed by atoms with van der Waals surface area (Å²) < 4.78 is 22.8. The molecule has 0 fully saturated rings. The number of esters is 1. The maximum Gasteiger partial charge on any atom is 0.331 e. The molecule has 1 amide bonds. The molecule has 3 aromatic rings. The summed E-state index contributed by atoms with van der Waals surface area (Å²) >= 11 is 0. The molecule has 0 atom stereocenters. The van der Waals surface area contributed by atoms with Crippen LogP contribution in [0.15, 0.2) is 48.5 Å². The van der Waals surface area contributed by atoms with Gasteiger partial charge in [0.25, 0.3) is 5.91 Å². The molecule has 0 saturated heterocycles. The molecule has 3 rings (SSSR count). The van der Waals surface area contributed by atoms with Crippen molar-refractivity contribution in [1.82, 2.24) is 4.57 Å². The van der Waals surface area contributed by atoms with E-state index in [-0.39, 0.29) is 0 Å². The zero-order valence-corrected chi connectivity index (χ0v) is 20.7. The van der Waals surface area contributed by atoms with Gasteiger partial charge in [0.05, 0.1) is 26.9 Å². The number of aromatic nitrogens is 1. The lowest BCUT2D eigenvalue weighted by molar-refractivity contribution is -0.142. The zero-order chi connectivity index (χ0) is 26.2. The van der Waals surface area contributed by atoms with Gasteiger partial charge in [0, 0.05) is 17.5 Å². The maximum atomic E-state index is 12.6. The Kier molecular flexibility index (Phi) is 8.36. The number of hydrogen-bond acceptors (Lipinski definition) is 7. The van der Waals surface area contributed by atoms with Crippen LogP contribution in [0.5, 0.6) is 17.2 Å². The van der Waals surface area contributed by atoms with Crippen LogP contribution in [0, 0.1) is 25.2 Å². The average Bonchev–Trinajstić information content (AvgIpc) is 3.13. The second kappa shape index (κ2) is 11.6. The van der Waals surface area contributed by atoms with Crippen molar-refractivity contribution in [3.63, 3.8) is 0 Å². The highest BCUT2D eigenvalue weighted by Gasteiger charge is 2.21. The number of methoxy groups -OCH3 is 3. The zero-order valence-electron chi connectivity index (χ0n) is 20.7. The van der Waals surface area contributed by atoms with Gasteiger partial charge in [-0.15, -0.1) is 0 Å². The van der Waals surface area contributed by atoms with Gasteiger partial charge in [-0.2, -0.15) is 5.26 Å². The molecular formula is C27H27N3O6. The number of amides is 1. The number of ether oxygens (including phenoxy) is 4. The van der Waals surface area contributed by atoms with Crippen molar-refractivity contribution in [1.29, 1.82) is 5.26 Å². The summed E-state index contributed by atoms with van der Waals surface area (Å²) in [6, 6.07) is 14.8. The van der Waals surface area contributed by atoms with Crippen LogP contribution in [0.4, 0.5) is 5.82 Å². The fourth-order valence-corrected chi connectivity index (χ4v) is 3.68. The molecular weight excluding hydrogens is 462 g/mol. The minimum absolute atomic E-state index is 0.327. The number of anilines is 1. The first-order chi connectivity index (χ1) is 17.3. The van der Waals surface area contributed by atoms with Crippen molar-refractivity contribution in [3.8, 4) is 29.0 Å². The SMILES string of the molecule is COc1cc(C=CC(=O)OCC(=O)Nc2c(C#N)c(C)c(C)n2-c2ccccc2)cc(OC)c1OC. The number of rotatable bonds is 9. The molecule has 2 aromatic carbocycles. The van der Waals surface area contributed by atoms with Gasteiger partial charge in [-0.05, 0) is 55.3 Å². The number of hydrogen-bond donors (Lipinski definition) is 1. The molecule has 0 unspecified atom stereocenters. The number of para-hydroxylation sites is 1. The number of carbonyl (C=O) groups is 2. The number of nitrogens with zero attached hydrogens (tertiary/aromatic N) is 2. The standard InChI is InChI=1S/C27H27N3O6/c1-17-18(2)30(20-9-7-6-8-10-20)27(21(17)15-28)29-24(31)16-36-25(32)12-11-19-13-22(33-3)26(35-5)23(14-19)34-4/h6-14H,16H2,1-5H3,(H,29,31). The minimum atomic E-state index is -0.717. The van der Waals surface area contributed by atoms with E-state index >= 15 is 0 Å². The van der Waals surface area contributed by atoms with Gasteiger partial charge >= 0.3 is 5.97 Å². The van der Waals surface area contributed by atoms with Crippen LogP contribution < -0.4 is 19.5 Å². The Bertz CT molecular complexity index is 1310. The van der Waals surface area contributed by atoms with Crippen LogP contribution in [-0.2, 0) is 14.3 Å². The van der Waals surface area contributed by atoms with Crippen LogP contribution in [0.25, 0.3) is 11.8 Å². The van der Waals surface area contributed by atoms with E-state index in [9.17, 15) is 14.9 Å². The predicted octanol–water partition coefficient (Wildman–Crippen LogP) is 4.19. The van der Waals surface area contributed by atoms with Gasteiger partial charge in [-0.1, -0.05) is 18.2 Å². The maximum absolute atomic E-state index is 12.6. The summed E-state index contributed by atoms with van der Waals surface area (Å²) in [6.07, 6.45) is 2.70. The van der Waals surface area contributed by atoms with Crippen molar-refractivity contribution < 1.29 is 28.5 Å². The fraction of sp³-hybridized carbons (Fsp3) is 0.222. The molecule has 1 heterocycles. The molecule has 0 aliphatic carbocycles. The van der Waals surface area contributed by atoms with Crippen molar-refractivity contribution >= 4 is 23.8 Å². The first kappa shape index (κ1) is 25.9. The highest BCUT2D eigenvalue weighted by Crippen LogP contribution is 2.38. The summed E-state index contributed by atoms with van der Waals surface area (Å²) in [5, 5.41) is 12.4. The topological polar surface area (TPSA) is 112 Å². The summed E-state index contributed by atoms with van der Waals surface area (Å²) in [6.45, 7) is 3.16. The van der Waals surface area contributed by atoms with E-state index in [1.165, 1.54) is 33.5 Å². The Hall–Kier alpha value is -4.71. The van der Waals surface area contributed by atoms with Gasteiger partial charge in [-0.25, -0.2) is 4.79 Å². The lowest BCUT2D eigenvalue weighted by Crippen LogP contribution is -2.22. The summed E-state index contributed by atoms with van der Waals surface area (Å²) in [4.78, 5) is 24.9. The Balaban J connectivity index is 1.71. The summed E-state index contributed by atoms with van der Waals surface area (Å²) in [7, 11) is 4.48. The molecule has 36 heavy (non-hydrogen) atoms. The molecule has 1 N–H and O–H groups in total. The van der Waals surface area contributed by atoms with Gasteiger partial charge in [-0.3, -0.25) is 9.36 Å².